The van der Waals surface area contributed by atoms with Crippen LogP contribution in [-0.4, -0.2) is 141 Å². The van der Waals surface area contributed by atoms with Gasteiger partial charge in [0.25, 0.3) is 5.91 Å². The first-order chi connectivity index (χ1) is 27.1. The third kappa shape index (κ3) is 14.4. The summed E-state index contributed by atoms with van der Waals surface area (Å²) in [5.74, 6) is -9.75. The molecule has 2 aliphatic heterocycles. The van der Waals surface area contributed by atoms with E-state index in [4.69, 9.17) is 0 Å². The molecule has 2 heterocycles. The monoisotopic (exact) mass is 807 g/mol. The summed E-state index contributed by atoms with van der Waals surface area (Å²) >= 11 is 0. The molecule has 20 nitrogen and oxygen atoms in total. The largest absolute Gasteiger partial charge is 0.481 e. The third-order valence-corrected chi connectivity index (χ3v) is 9.41. The fraction of sp³-hybridized carbons (Fsp3) is 0.583. The molecule has 57 heavy (non-hydrogen) atoms. The first-order valence-electron chi connectivity index (χ1n) is 18.7. The molecule has 3 rings (SSSR count). The van der Waals surface area contributed by atoms with E-state index in [-0.39, 0.29) is 70.2 Å². The molecule has 10 N–H and O–H groups in total. The Hall–Kier alpha value is -5.70. The van der Waals surface area contributed by atoms with E-state index >= 15 is 0 Å². The molecular formula is C36H50FN7O13. The number of amides is 7. The molecule has 2 saturated heterocycles. The van der Waals surface area contributed by atoms with Crippen molar-refractivity contribution in [3.63, 3.8) is 0 Å². The average Bonchev–Trinajstić information content (AvgIpc) is 3.67. The van der Waals surface area contributed by atoms with Gasteiger partial charge < -0.3 is 57.2 Å². The summed E-state index contributed by atoms with van der Waals surface area (Å²) in [4.78, 5) is 119. The minimum atomic E-state index is -1.85. The van der Waals surface area contributed by atoms with Gasteiger partial charge in [-0.05, 0) is 82.1 Å². The zero-order chi connectivity index (χ0) is 42.1. The van der Waals surface area contributed by atoms with Gasteiger partial charge in [-0.1, -0.05) is 0 Å². The lowest BCUT2D eigenvalue weighted by molar-refractivity contribution is -0.144. The molecule has 6 atom stereocenters. The van der Waals surface area contributed by atoms with Gasteiger partial charge >= 0.3 is 11.9 Å². The predicted molar refractivity (Wildman–Crippen MR) is 194 cm³/mol. The number of benzene rings is 1. The Kier molecular flexibility index (Phi) is 18.2. The van der Waals surface area contributed by atoms with E-state index in [0.29, 0.717) is 6.42 Å². The van der Waals surface area contributed by atoms with Crippen LogP contribution in [0.2, 0.25) is 0 Å². The van der Waals surface area contributed by atoms with E-state index in [1.165, 1.54) is 12.1 Å². The molecule has 0 bridgehead atoms. The van der Waals surface area contributed by atoms with E-state index in [2.05, 4.69) is 31.9 Å². The molecule has 0 saturated carbocycles. The number of halogens is 1. The summed E-state index contributed by atoms with van der Waals surface area (Å²) in [5, 5.41) is 52.9. The Labute approximate surface area is 326 Å². The van der Waals surface area contributed by atoms with Gasteiger partial charge in [-0.3, -0.25) is 43.2 Å². The number of nitrogens with zero attached hydrogens (tertiary/aromatic N) is 1. The third-order valence-electron chi connectivity index (χ3n) is 9.41. The number of unbranched alkanes of at least 4 members (excludes halogenated alkanes) is 2. The van der Waals surface area contributed by atoms with Crippen LogP contribution in [-0.2, 0) is 38.4 Å². The van der Waals surface area contributed by atoms with E-state index in [1.54, 1.807) is 0 Å². The summed E-state index contributed by atoms with van der Waals surface area (Å²) < 4.78 is 13.2. The van der Waals surface area contributed by atoms with Gasteiger partial charge in [-0.2, -0.15) is 0 Å². The van der Waals surface area contributed by atoms with Crippen LogP contribution < -0.4 is 31.9 Å². The molecule has 2 fully saturated rings. The van der Waals surface area contributed by atoms with Gasteiger partial charge in [0.2, 0.25) is 35.4 Å². The maximum absolute atomic E-state index is 13.8. The number of hydrogen-bond acceptors (Lipinski definition) is 11. The van der Waals surface area contributed by atoms with Gasteiger partial charge in [-0.25, -0.2) is 4.39 Å². The molecule has 314 valence electrons. The van der Waals surface area contributed by atoms with E-state index in [0.717, 1.165) is 17.0 Å². The number of hydrogen-bond donors (Lipinski definition) is 10. The van der Waals surface area contributed by atoms with E-state index in [1.807, 2.05) is 0 Å². The Morgan fingerprint density at radius 1 is 0.684 bits per heavy atom. The number of aliphatic carboxylic acids is 2. The van der Waals surface area contributed by atoms with Crippen LogP contribution in [0.4, 0.5) is 4.39 Å². The van der Waals surface area contributed by atoms with Crippen molar-refractivity contribution in [3.8, 4) is 0 Å². The fourth-order valence-electron chi connectivity index (χ4n) is 6.34. The minimum absolute atomic E-state index is 0.0384. The number of aliphatic hydroxyl groups is 2. The maximum atomic E-state index is 13.8. The SMILES string of the molecule is O=C(O)CC[C@@H]1NC(=O)[C@H](CC(=O)O)NC(=O)[C@H](CCCCNC(=O)c2ccc(F)cc2)NC(=O)[C@H]2CCCN2C(=O)[C@H](CO)NC(=O)[C@H](CCCCO)NC1=O. The minimum Gasteiger partial charge on any atom is -0.481 e. The normalized spacial score (nSPS) is 23.8. The van der Waals surface area contributed by atoms with Crippen LogP contribution in [0.5, 0.6) is 0 Å². The summed E-state index contributed by atoms with van der Waals surface area (Å²) in [5.41, 5.74) is 0.203. The van der Waals surface area contributed by atoms with Crippen molar-refractivity contribution in [2.24, 2.45) is 0 Å². The Balaban J connectivity index is 1.94. The number of rotatable bonds is 16. The van der Waals surface area contributed by atoms with Crippen molar-refractivity contribution < 1.29 is 68.0 Å². The second-order valence-electron chi connectivity index (χ2n) is 13.7. The lowest BCUT2D eigenvalue weighted by Gasteiger charge is -2.31. The molecule has 1 aromatic rings. The Bertz CT molecular complexity index is 1630. The Morgan fingerprint density at radius 2 is 1.21 bits per heavy atom. The van der Waals surface area contributed by atoms with E-state index in [9.17, 15) is 68.0 Å². The molecular weight excluding hydrogens is 757 g/mol. The lowest BCUT2D eigenvalue weighted by atomic mass is 10.0. The highest BCUT2D eigenvalue weighted by molar-refractivity contribution is 5.99. The van der Waals surface area contributed by atoms with Crippen molar-refractivity contribution in [2.75, 3.05) is 26.3 Å². The molecule has 0 unspecified atom stereocenters. The molecule has 7 amide bonds. The topological polar surface area (TPSA) is 310 Å². The molecule has 0 radical (unpaired) electrons. The molecule has 2 aliphatic rings. The van der Waals surface area contributed by atoms with Crippen LogP contribution >= 0.6 is 0 Å². The second kappa shape index (κ2) is 22.8. The van der Waals surface area contributed by atoms with Gasteiger partial charge in [-0.15, -0.1) is 0 Å². The zero-order valence-corrected chi connectivity index (χ0v) is 31.2. The number of carbonyl (C=O) groups excluding carboxylic acids is 7. The van der Waals surface area contributed by atoms with Gasteiger partial charge in [0.1, 0.15) is 42.1 Å². The number of carboxylic acid groups (broad SMARTS) is 2. The molecule has 1 aromatic carbocycles. The summed E-state index contributed by atoms with van der Waals surface area (Å²) in [6, 6.07) is -4.28. The maximum Gasteiger partial charge on any atom is 0.305 e. The highest BCUT2D eigenvalue weighted by Gasteiger charge is 2.40. The highest BCUT2D eigenvalue weighted by Crippen LogP contribution is 2.20. The summed E-state index contributed by atoms with van der Waals surface area (Å²) in [6.45, 7) is -1.03. The number of nitrogens with one attached hydrogen (secondary N) is 6. The number of aliphatic hydroxyl groups excluding tert-OH is 2. The highest BCUT2D eigenvalue weighted by atomic mass is 19.1. The summed E-state index contributed by atoms with van der Waals surface area (Å²) in [7, 11) is 0. The van der Waals surface area contributed by atoms with Gasteiger partial charge in [0, 0.05) is 31.7 Å². The van der Waals surface area contributed by atoms with Gasteiger partial charge in [0.05, 0.1) is 13.0 Å². The smallest absolute Gasteiger partial charge is 0.305 e. The van der Waals surface area contributed by atoms with Crippen molar-refractivity contribution in [2.45, 2.75) is 107 Å². The van der Waals surface area contributed by atoms with Gasteiger partial charge in [0.15, 0.2) is 0 Å². The first kappa shape index (κ1) is 45.7. The van der Waals surface area contributed by atoms with Crippen molar-refractivity contribution in [1.29, 1.82) is 0 Å². The number of carboxylic acids is 2. The standard InChI is InChI=1S/C36H50FN7O13/c37-21-11-9-20(10-12-21)30(51)38-15-3-1-6-23-31(52)42-25(18-29(49)50)34(55)40-24(13-14-28(47)48)33(54)39-22(7-2-4-17-45)32(53)43-26(19-46)36(57)44-16-5-8-27(44)35(56)41-23/h9-12,22-27,45-46H,1-8,13-19H2,(H,38,51)(H,39,54)(H,40,55)(H,41,56)(H,42,52)(H,43,53)(H,47,48)(H,49,50)/t22-,23-,24-,25-,26-,27+/m0/s1. The lowest BCUT2D eigenvalue weighted by Crippen LogP contribution is -2.61. The van der Waals surface area contributed by atoms with Crippen LogP contribution in [0.3, 0.4) is 0 Å². The molecule has 0 spiro atoms. The molecule has 0 aliphatic carbocycles. The van der Waals surface area contributed by atoms with Crippen LogP contribution in [0.1, 0.15) is 81.0 Å². The van der Waals surface area contributed by atoms with Crippen molar-refractivity contribution in [1.82, 2.24) is 36.8 Å². The quantitative estimate of drug-likeness (QED) is 0.0784. The molecule has 21 heteroatoms. The predicted octanol–water partition coefficient (Wildman–Crippen LogP) is -2.35. The van der Waals surface area contributed by atoms with Crippen LogP contribution in [0.25, 0.3) is 0 Å². The second-order valence-corrected chi connectivity index (χ2v) is 13.7. The van der Waals surface area contributed by atoms with Crippen molar-refractivity contribution >= 4 is 53.3 Å². The van der Waals surface area contributed by atoms with Crippen LogP contribution in [0.15, 0.2) is 24.3 Å². The zero-order valence-electron chi connectivity index (χ0n) is 31.2. The first-order valence-corrected chi connectivity index (χ1v) is 18.7. The Morgan fingerprint density at radius 3 is 1.77 bits per heavy atom. The summed E-state index contributed by atoms with van der Waals surface area (Å²) in [6.07, 6.45) is -1.10. The fourth-order valence-corrected chi connectivity index (χ4v) is 6.34. The van der Waals surface area contributed by atoms with Crippen molar-refractivity contribution in [3.05, 3.63) is 35.6 Å². The van der Waals surface area contributed by atoms with E-state index < -0.39 is 121 Å². The number of carbonyl (C=O) groups is 9. The van der Waals surface area contributed by atoms with Crippen LogP contribution in [0, 0.1) is 5.82 Å². The number of fused-ring (bicyclic) bond motifs is 1. The average molecular weight is 808 g/mol. The molecule has 0 aromatic heterocycles.